The summed E-state index contributed by atoms with van der Waals surface area (Å²) in [6.07, 6.45) is 0. The molecule has 0 saturated carbocycles. The molecule has 0 aromatic heterocycles. The maximum Gasteiger partial charge on any atom is 0.466 e. The first kappa shape index (κ1) is 14.5. The zero-order valence-electron chi connectivity index (χ0n) is 6.11. The van der Waals surface area contributed by atoms with Crippen LogP contribution in [0.1, 0.15) is 0 Å². The summed E-state index contributed by atoms with van der Waals surface area (Å²) in [6.45, 7) is -0.938. The molecule has 8 nitrogen and oxygen atoms in total. The summed E-state index contributed by atoms with van der Waals surface area (Å²) < 4.78 is 8.88. The fourth-order valence-electron chi connectivity index (χ4n) is 0.134. The topological polar surface area (TPSA) is 142 Å². The Labute approximate surface area is 68.5 Å². The third kappa shape index (κ3) is 22.5. The predicted molar refractivity (Wildman–Crippen MR) is 37.4 cm³/mol. The normalized spacial score (nSPS) is 10.9. The number of hydrogen-bond donors (Lipinski definition) is 6. The number of rotatable bonds is 3. The van der Waals surface area contributed by atoms with E-state index < -0.39 is 7.82 Å². The molecule has 76 valence electrons. The van der Waals surface area contributed by atoms with Gasteiger partial charge in [0.25, 0.3) is 0 Å². The van der Waals surface area contributed by atoms with Crippen molar-refractivity contribution in [3.05, 3.63) is 0 Å². The van der Waals surface area contributed by atoms with E-state index in [1.807, 2.05) is 0 Å². The first-order valence-electron chi connectivity index (χ1n) is 2.68. The van der Waals surface area contributed by atoms with Crippen molar-refractivity contribution in [3.63, 3.8) is 0 Å². The summed E-state index contributed by atoms with van der Waals surface area (Å²) in [5.41, 5.74) is 0. The lowest BCUT2D eigenvalue weighted by molar-refractivity contribution is -0.0268. The Balaban J connectivity index is 0. The molecule has 6 N–H and O–H groups in total. The van der Waals surface area contributed by atoms with Crippen molar-refractivity contribution in [1.29, 1.82) is 0 Å². The van der Waals surface area contributed by atoms with Gasteiger partial charge in [0.2, 0.25) is 0 Å². The smallest absolute Gasteiger partial charge is 0.381 e. The van der Waals surface area contributed by atoms with Crippen molar-refractivity contribution >= 4 is 7.82 Å². The summed E-state index contributed by atoms with van der Waals surface area (Å²) in [5, 5.41) is 24.4. The van der Waals surface area contributed by atoms with Crippen LogP contribution in [0.3, 0.4) is 0 Å². The Hall–Kier alpha value is -0.0500. The molecule has 0 aliphatic carbocycles. The molecular formula is C3H12NO7P. The molecule has 0 aliphatic rings. The van der Waals surface area contributed by atoms with Gasteiger partial charge >= 0.3 is 7.82 Å². The highest BCUT2D eigenvalue weighted by Gasteiger charge is 2.00. The van der Waals surface area contributed by atoms with Gasteiger partial charge in [0.05, 0.1) is 20.2 Å². The second-order valence-corrected chi connectivity index (χ2v) is 2.63. The van der Waals surface area contributed by atoms with Gasteiger partial charge in [-0.3, -0.25) is 0 Å². The van der Waals surface area contributed by atoms with E-state index in [-0.39, 0.29) is 20.2 Å². The summed E-state index contributed by atoms with van der Waals surface area (Å²) in [6, 6.07) is 0. The van der Waals surface area contributed by atoms with Gasteiger partial charge in [-0.05, 0) is 0 Å². The molecule has 0 fully saturated rings. The summed E-state index contributed by atoms with van der Waals surface area (Å²) in [7, 11) is -4.64. The van der Waals surface area contributed by atoms with Gasteiger partial charge in [-0.2, -0.15) is 0 Å². The number of nitrogens with zero attached hydrogens (tertiary/aromatic N) is 1. The molecule has 0 spiro atoms. The molecule has 12 heavy (non-hydrogen) atoms. The monoisotopic (exact) mass is 205 g/mol. The fraction of sp³-hybridized carbons (Fsp3) is 1.00. The molecule has 0 aromatic carbocycles. The van der Waals surface area contributed by atoms with E-state index in [0.717, 1.165) is 4.90 Å². The number of aliphatic hydroxyl groups is 3. The Morgan fingerprint density at radius 2 is 1.08 bits per heavy atom. The minimum atomic E-state index is -4.64. The van der Waals surface area contributed by atoms with Gasteiger partial charge in [0.15, 0.2) is 0 Å². The van der Waals surface area contributed by atoms with Crippen LogP contribution in [0, 0.1) is 0 Å². The first-order chi connectivity index (χ1) is 5.35. The third-order valence-corrected chi connectivity index (χ3v) is 0.600. The third-order valence-electron chi connectivity index (χ3n) is 0.600. The highest BCUT2D eigenvalue weighted by molar-refractivity contribution is 7.45. The Morgan fingerprint density at radius 3 is 1.08 bits per heavy atom. The zero-order chi connectivity index (χ0) is 10.2. The molecule has 0 unspecified atom stereocenters. The minimum Gasteiger partial charge on any atom is -0.381 e. The van der Waals surface area contributed by atoms with Crippen LogP contribution in [-0.2, 0) is 4.57 Å². The van der Waals surface area contributed by atoms with Crippen molar-refractivity contribution in [2.75, 3.05) is 20.2 Å². The largest absolute Gasteiger partial charge is 0.466 e. The summed E-state index contributed by atoms with van der Waals surface area (Å²) in [4.78, 5) is 22.6. The Morgan fingerprint density at radius 1 is 0.917 bits per heavy atom. The van der Waals surface area contributed by atoms with Gasteiger partial charge in [0, 0.05) is 0 Å². The van der Waals surface area contributed by atoms with Crippen molar-refractivity contribution in [3.8, 4) is 0 Å². The van der Waals surface area contributed by atoms with Gasteiger partial charge in [-0.25, -0.2) is 9.46 Å². The average Bonchev–Trinajstić information content (AvgIpc) is 1.88. The Bertz CT molecular complexity index is 117. The lowest BCUT2D eigenvalue weighted by Crippen LogP contribution is -2.26. The van der Waals surface area contributed by atoms with Crippen LogP contribution in [0.2, 0.25) is 0 Å². The quantitative estimate of drug-likeness (QED) is 0.214. The standard InChI is InChI=1S/C3H9NO3.H3O4P/c5-1-4(2-6)3-7;1-5(2,3)4/h5-7H,1-3H2;(H3,1,2,3,4). The molecule has 0 atom stereocenters. The van der Waals surface area contributed by atoms with Gasteiger partial charge in [0.1, 0.15) is 0 Å². The molecule has 9 heteroatoms. The second kappa shape index (κ2) is 7.59. The molecule has 0 bridgehead atoms. The lowest BCUT2D eigenvalue weighted by Gasteiger charge is -2.09. The number of aliphatic hydroxyl groups excluding tert-OH is 3. The van der Waals surface area contributed by atoms with Crippen LogP contribution >= 0.6 is 7.82 Å². The van der Waals surface area contributed by atoms with E-state index in [4.69, 9.17) is 34.6 Å². The van der Waals surface area contributed by atoms with Crippen molar-refractivity contribution in [2.24, 2.45) is 0 Å². The predicted octanol–water partition coefficient (Wildman–Crippen LogP) is -2.79. The maximum absolute atomic E-state index is 8.88. The van der Waals surface area contributed by atoms with E-state index >= 15 is 0 Å². The van der Waals surface area contributed by atoms with Crippen LogP contribution in [0.5, 0.6) is 0 Å². The minimum absolute atomic E-state index is 0.312. The molecular weight excluding hydrogens is 193 g/mol. The van der Waals surface area contributed by atoms with Gasteiger partial charge in [-0.15, -0.1) is 0 Å². The van der Waals surface area contributed by atoms with E-state index in [1.54, 1.807) is 0 Å². The molecule has 0 aromatic rings. The molecule has 0 aliphatic heterocycles. The SMILES string of the molecule is O=P(O)(O)O.OCN(CO)CO. The molecule has 0 rings (SSSR count). The number of hydrogen-bond acceptors (Lipinski definition) is 5. The Kier molecular flexibility index (Phi) is 9.16. The van der Waals surface area contributed by atoms with Gasteiger partial charge < -0.3 is 30.0 Å². The van der Waals surface area contributed by atoms with Gasteiger partial charge in [-0.1, -0.05) is 0 Å². The van der Waals surface area contributed by atoms with E-state index in [2.05, 4.69) is 0 Å². The van der Waals surface area contributed by atoms with E-state index in [0.29, 0.717) is 0 Å². The molecule has 0 amide bonds. The highest BCUT2D eigenvalue weighted by atomic mass is 31.2. The lowest BCUT2D eigenvalue weighted by atomic mass is 10.9. The van der Waals surface area contributed by atoms with Crippen LogP contribution in [0.15, 0.2) is 0 Å². The molecule has 0 saturated heterocycles. The zero-order valence-corrected chi connectivity index (χ0v) is 7.00. The summed E-state index contributed by atoms with van der Waals surface area (Å²) >= 11 is 0. The average molecular weight is 205 g/mol. The highest BCUT2D eigenvalue weighted by Crippen LogP contribution is 2.25. The van der Waals surface area contributed by atoms with Crippen molar-refractivity contribution < 1.29 is 34.6 Å². The van der Waals surface area contributed by atoms with Crippen LogP contribution < -0.4 is 0 Å². The van der Waals surface area contributed by atoms with E-state index in [1.165, 1.54) is 0 Å². The van der Waals surface area contributed by atoms with Crippen LogP contribution in [0.4, 0.5) is 0 Å². The number of phosphoric acid groups is 1. The first-order valence-corrected chi connectivity index (χ1v) is 4.25. The maximum atomic E-state index is 8.88. The molecule has 0 radical (unpaired) electrons. The van der Waals surface area contributed by atoms with Crippen molar-refractivity contribution in [1.82, 2.24) is 4.90 Å². The summed E-state index contributed by atoms with van der Waals surface area (Å²) in [5.74, 6) is 0. The van der Waals surface area contributed by atoms with Crippen LogP contribution in [-0.4, -0.2) is 55.1 Å². The van der Waals surface area contributed by atoms with Crippen molar-refractivity contribution in [2.45, 2.75) is 0 Å². The second-order valence-electron chi connectivity index (χ2n) is 1.61. The van der Waals surface area contributed by atoms with Crippen LogP contribution in [0.25, 0.3) is 0 Å². The molecule has 0 heterocycles. The fourth-order valence-corrected chi connectivity index (χ4v) is 0.134. The van der Waals surface area contributed by atoms with E-state index in [9.17, 15) is 0 Å².